The van der Waals surface area contributed by atoms with E-state index in [2.05, 4.69) is 26.0 Å². The van der Waals surface area contributed by atoms with Crippen LogP contribution in [0.15, 0.2) is 24.3 Å². The molecule has 1 aliphatic rings. The second-order valence-corrected chi connectivity index (χ2v) is 5.35. The standard InChI is InChI=1S/C15H20O2/c1-10(2)6-12-8-15(17,9-16)14-5-4-11(3)7-13(12)14/h4-7,10,16-17H,8-9H2,1-3H3/t15-/m0/s1. The quantitative estimate of drug-likeness (QED) is 0.823. The van der Waals surface area contributed by atoms with Crippen molar-refractivity contribution in [1.82, 2.24) is 0 Å². The normalized spacial score (nSPS) is 25.6. The fourth-order valence-electron chi connectivity index (χ4n) is 2.53. The van der Waals surface area contributed by atoms with Gasteiger partial charge in [0.05, 0.1) is 6.61 Å². The molecule has 0 heterocycles. The number of hydrogen-bond acceptors (Lipinski definition) is 2. The van der Waals surface area contributed by atoms with Crippen LogP contribution in [-0.4, -0.2) is 16.8 Å². The maximum atomic E-state index is 10.4. The van der Waals surface area contributed by atoms with Gasteiger partial charge in [0.25, 0.3) is 0 Å². The third-order valence-electron chi connectivity index (χ3n) is 3.30. The van der Waals surface area contributed by atoms with Gasteiger partial charge < -0.3 is 10.2 Å². The zero-order valence-corrected chi connectivity index (χ0v) is 10.7. The van der Waals surface area contributed by atoms with Gasteiger partial charge in [0, 0.05) is 6.42 Å². The summed E-state index contributed by atoms with van der Waals surface area (Å²) in [7, 11) is 0. The van der Waals surface area contributed by atoms with Gasteiger partial charge in [-0.3, -0.25) is 0 Å². The maximum absolute atomic E-state index is 10.4. The first kappa shape index (κ1) is 12.3. The molecule has 1 aliphatic carbocycles. The first-order chi connectivity index (χ1) is 7.96. The molecule has 0 aliphatic heterocycles. The van der Waals surface area contributed by atoms with Crippen LogP contribution >= 0.6 is 0 Å². The number of aryl methyl sites for hydroxylation is 1. The molecule has 0 amide bonds. The van der Waals surface area contributed by atoms with Gasteiger partial charge in [-0.05, 0) is 29.5 Å². The third-order valence-corrected chi connectivity index (χ3v) is 3.30. The Balaban J connectivity index is 2.56. The Labute approximate surface area is 103 Å². The zero-order valence-electron chi connectivity index (χ0n) is 10.7. The Kier molecular flexibility index (Phi) is 3.11. The van der Waals surface area contributed by atoms with Crippen molar-refractivity contribution in [2.24, 2.45) is 5.92 Å². The average molecular weight is 232 g/mol. The van der Waals surface area contributed by atoms with E-state index in [1.807, 2.05) is 19.1 Å². The van der Waals surface area contributed by atoms with E-state index < -0.39 is 5.60 Å². The molecular formula is C15H20O2. The van der Waals surface area contributed by atoms with Crippen LogP contribution < -0.4 is 0 Å². The van der Waals surface area contributed by atoms with Crippen LogP contribution in [0.4, 0.5) is 0 Å². The third kappa shape index (κ3) is 2.15. The molecule has 2 rings (SSSR count). The molecule has 0 saturated carbocycles. The van der Waals surface area contributed by atoms with Gasteiger partial charge in [0.1, 0.15) is 5.60 Å². The van der Waals surface area contributed by atoms with Crippen molar-refractivity contribution in [3.05, 3.63) is 41.0 Å². The summed E-state index contributed by atoms with van der Waals surface area (Å²) in [5.74, 6) is 0.444. The summed E-state index contributed by atoms with van der Waals surface area (Å²) in [5, 5.41) is 19.9. The molecule has 0 bridgehead atoms. The van der Waals surface area contributed by atoms with Gasteiger partial charge >= 0.3 is 0 Å². The molecule has 0 fully saturated rings. The summed E-state index contributed by atoms with van der Waals surface area (Å²) in [5.41, 5.74) is 3.19. The maximum Gasteiger partial charge on any atom is 0.117 e. The molecule has 0 aromatic heterocycles. The van der Waals surface area contributed by atoms with Crippen LogP contribution in [-0.2, 0) is 5.60 Å². The second-order valence-electron chi connectivity index (χ2n) is 5.35. The molecule has 2 heteroatoms. The van der Waals surface area contributed by atoms with Gasteiger partial charge in [-0.25, -0.2) is 0 Å². The zero-order chi connectivity index (χ0) is 12.6. The highest BCUT2D eigenvalue weighted by atomic mass is 16.3. The summed E-state index contributed by atoms with van der Waals surface area (Å²) < 4.78 is 0. The number of aliphatic hydroxyl groups is 2. The van der Waals surface area contributed by atoms with Crippen molar-refractivity contribution in [1.29, 1.82) is 0 Å². The molecule has 0 spiro atoms. The minimum atomic E-state index is -1.09. The van der Waals surface area contributed by atoms with Crippen molar-refractivity contribution in [3.8, 4) is 0 Å². The lowest BCUT2D eigenvalue weighted by molar-refractivity contribution is -0.00987. The Morgan fingerprint density at radius 3 is 2.71 bits per heavy atom. The van der Waals surface area contributed by atoms with Crippen molar-refractivity contribution in [3.63, 3.8) is 0 Å². The lowest BCUT2D eigenvalue weighted by atomic mass is 9.96. The Bertz CT molecular complexity index is 460. The van der Waals surface area contributed by atoms with Gasteiger partial charge in [0.15, 0.2) is 0 Å². The van der Waals surface area contributed by atoms with Gasteiger partial charge in [-0.1, -0.05) is 43.7 Å². The minimum absolute atomic E-state index is 0.224. The highest BCUT2D eigenvalue weighted by molar-refractivity contribution is 5.75. The SMILES string of the molecule is Cc1ccc2c(c1)C(=CC(C)C)C[C@]2(O)CO. The predicted molar refractivity (Wildman–Crippen MR) is 69.6 cm³/mol. The topological polar surface area (TPSA) is 40.5 Å². The highest BCUT2D eigenvalue weighted by Crippen LogP contribution is 2.44. The molecule has 17 heavy (non-hydrogen) atoms. The summed E-state index contributed by atoms with van der Waals surface area (Å²) in [6.07, 6.45) is 2.69. The first-order valence-corrected chi connectivity index (χ1v) is 6.12. The van der Waals surface area contributed by atoms with E-state index >= 15 is 0 Å². The van der Waals surface area contributed by atoms with Crippen LogP contribution in [0.1, 0.15) is 37.0 Å². The average Bonchev–Trinajstić information content (AvgIpc) is 2.52. The van der Waals surface area contributed by atoms with Crippen LogP contribution in [0.5, 0.6) is 0 Å². The summed E-state index contributed by atoms with van der Waals surface area (Å²) >= 11 is 0. The van der Waals surface area contributed by atoms with E-state index in [0.717, 1.165) is 16.7 Å². The molecule has 2 N–H and O–H groups in total. The number of aliphatic hydroxyl groups excluding tert-OH is 1. The van der Waals surface area contributed by atoms with E-state index in [-0.39, 0.29) is 6.61 Å². The van der Waals surface area contributed by atoms with Crippen molar-refractivity contribution in [2.75, 3.05) is 6.61 Å². The van der Waals surface area contributed by atoms with E-state index in [9.17, 15) is 10.2 Å². The van der Waals surface area contributed by atoms with Crippen molar-refractivity contribution >= 4 is 5.57 Å². The lowest BCUT2D eigenvalue weighted by Crippen LogP contribution is -2.26. The summed E-state index contributed by atoms with van der Waals surface area (Å²) in [6, 6.07) is 6.01. The van der Waals surface area contributed by atoms with E-state index in [4.69, 9.17) is 0 Å². The van der Waals surface area contributed by atoms with Gasteiger partial charge in [-0.15, -0.1) is 0 Å². The van der Waals surface area contributed by atoms with E-state index in [0.29, 0.717) is 12.3 Å². The molecule has 1 atom stereocenters. The lowest BCUT2D eigenvalue weighted by Gasteiger charge is -2.20. The number of hydrogen-bond donors (Lipinski definition) is 2. The van der Waals surface area contributed by atoms with Crippen molar-refractivity contribution in [2.45, 2.75) is 32.8 Å². The molecular weight excluding hydrogens is 212 g/mol. The van der Waals surface area contributed by atoms with Crippen molar-refractivity contribution < 1.29 is 10.2 Å². The van der Waals surface area contributed by atoms with Crippen LogP contribution in [0.2, 0.25) is 0 Å². The number of allylic oxidation sites excluding steroid dienone is 1. The molecule has 1 aromatic carbocycles. The number of rotatable bonds is 2. The fourth-order valence-corrected chi connectivity index (χ4v) is 2.53. The minimum Gasteiger partial charge on any atom is -0.393 e. The second kappa shape index (κ2) is 4.28. The fraction of sp³-hybridized carbons (Fsp3) is 0.467. The Hall–Kier alpha value is -1.12. The molecule has 1 aromatic rings. The molecule has 0 saturated heterocycles. The Morgan fingerprint density at radius 2 is 2.12 bits per heavy atom. The summed E-state index contributed by atoms with van der Waals surface area (Å²) in [6.45, 7) is 6.07. The van der Waals surface area contributed by atoms with Gasteiger partial charge in [0.2, 0.25) is 0 Å². The molecule has 2 nitrogen and oxygen atoms in total. The number of fused-ring (bicyclic) bond motifs is 1. The summed E-state index contributed by atoms with van der Waals surface area (Å²) in [4.78, 5) is 0. The van der Waals surface area contributed by atoms with E-state index in [1.54, 1.807) is 0 Å². The van der Waals surface area contributed by atoms with E-state index in [1.165, 1.54) is 5.56 Å². The van der Waals surface area contributed by atoms with Crippen LogP contribution in [0, 0.1) is 12.8 Å². The largest absolute Gasteiger partial charge is 0.393 e. The molecule has 0 unspecified atom stereocenters. The van der Waals surface area contributed by atoms with Crippen LogP contribution in [0.25, 0.3) is 5.57 Å². The Morgan fingerprint density at radius 1 is 1.41 bits per heavy atom. The van der Waals surface area contributed by atoms with Crippen LogP contribution in [0.3, 0.4) is 0 Å². The monoisotopic (exact) mass is 232 g/mol. The number of benzene rings is 1. The predicted octanol–water partition coefficient (Wildman–Crippen LogP) is 2.62. The molecule has 0 radical (unpaired) electrons. The molecule has 92 valence electrons. The van der Waals surface area contributed by atoms with Gasteiger partial charge in [-0.2, -0.15) is 0 Å². The first-order valence-electron chi connectivity index (χ1n) is 6.12. The highest BCUT2D eigenvalue weighted by Gasteiger charge is 2.38. The smallest absolute Gasteiger partial charge is 0.117 e.